The molecule has 17 nitrogen and oxygen atoms in total. The maximum Gasteiger partial charge on any atom is 0.472 e. The molecule has 0 aromatic rings. The molecule has 0 bridgehead atoms. The van der Waals surface area contributed by atoms with E-state index in [1.165, 1.54) is 122 Å². The lowest BCUT2D eigenvalue weighted by Crippen LogP contribution is -2.30. The highest BCUT2D eigenvalue weighted by molar-refractivity contribution is 7.47. The Morgan fingerprint density at radius 3 is 0.916 bits per heavy atom. The van der Waals surface area contributed by atoms with Crippen molar-refractivity contribution in [3.8, 4) is 0 Å². The molecule has 0 saturated carbocycles. The van der Waals surface area contributed by atoms with Crippen LogP contribution >= 0.6 is 15.6 Å². The second-order valence-electron chi connectivity index (χ2n) is 23.9. The van der Waals surface area contributed by atoms with E-state index in [-0.39, 0.29) is 25.7 Å². The normalized spacial score (nSPS) is 14.6. The number of aliphatic hydroxyl groups is 1. The first kappa shape index (κ1) is 81.1. The fraction of sp³-hybridized carbons (Fsp3) is 0.938. The van der Waals surface area contributed by atoms with E-state index in [0.29, 0.717) is 25.7 Å². The number of ether oxygens (including phenoxy) is 4. The minimum absolute atomic E-state index is 0.104. The SMILES string of the molecule is CCCCCCCCCCC(=O)O[C@H](COC(=O)CCCCCCC)COP(=O)(O)OC[C@H](O)COP(=O)(O)OC[C@@H](COC(=O)CCCCCCCCCCCC(C)C)OC(=O)CCCCCCCCCCCCCCCCC(C)CC. The zero-order valence-corrected chi connectivity index (χ0v) is 55.3. The minimum Gasteiger partial charge on any atom is -0.462 e. The van der Waals surface area contributed by atoms with Crippen molar-refractivity contribution >= 4 is 39.5 Å². The zero-order chi connectivity index (χ0) is 61.5. The number of aliphatic hydroxyl groups excluding tert-OH is 1. The first-order valence-corrected chi connectivity index (χ1v) is 36.5. The molecule has 19 heteroatoms. The van der Waals surface area contributed by atoms with E-state index in [1.807, 2.05) is 0 Å². The van der Waals surface area contributed by atoms with Crippen molar-refractivity contribution in [2.75, 3.05) is 39.6 Å². The highest BCUT2D eigenvalue weighted by atomic mass is 31.2. The molecule has 0 fully saturated rings. The van der Waals surface area contributed by atoms with Gasteiger partial charge in [-0.1, -0.05) is 266 Å². The van der Waals surface area contributed by atoms with Gasteiger partial charge in [0.15, 0.2) is 12.2 Å². The molecular weight excluding hydrogens is 1100 g/mol. The van der Waals surface area contributed by atoms with Crippen LogP contribution in [-0.2, 0) is 65.4 Å². The van der Waals surface area contributed by atoms with Crippen LogP contribution in [0.1, 0.15) is 318 Å². The average Bonchev–Trinajstić information content (AvgIpc) is 3.45. The predicted molar refractivity (Wildman–Crippen MR) is 331 cm³/mol. The van der Waals surface area contributed by atoms with Crippen LogP contribution in [0.4, 0.5) is 0 Å². The van der Waals surface area contributed by atoms with Gasteiger partial charge in [-0.05, 0) is 37.5 Å². The maximum atomic E-state index is 13.0. The van der Waals surface area contributed by atoms with Gasteiger partial charge in [-0.15, -0.1) is 0 Å². The number of phosphoric ester groups is 2. The van der Waals surface area contributed by atoms with Gasteiger partial charge >= 0.3 is 39.5 Å². The smallest absolute Gasteiger partial charge is 0.462 e. The Hall–Kier alpha value is -1.94. The summed E-state index contributed by atoms with van der Waals surface area (Å²) in [5, 5.41) is 10.5. The Kier molecular flexibility index (Phi) is 55.2. The van der Waals surface area contributed by atoms with Gasteiger partial charge in [-0.25, -0.2) is 9.13 Å². The molecular formula is C64H124O17P2. The van der Waals surface area contributed by atoms with E-state index in [9.17, 15) is 43.2 Å². The van der Waals surface area contributed by atoms with Gasteiger partial charge in [0.1, 0.15) is 19.3 Å². The summed E-state index contributed by atoms with van der Waals surface area (Å²) in [6, 6.07) is 0. The van der Waals surface area contributed by atoms with Gasteiger partial charge in [0.25, 0.3) is 0 Å². The topological polar surface area (TPSA) is 237 Å². The van der Waals surface area contributed by atoms with Gasteiger partial charge in [0.05, 0.1) is 26.4 Å². The first-order valence-electron chi connectivity index (χ1n) is 33.5. The molecule has 0 aliphatic carbocycles. The van der Waals surface area contributed by atoms with Gasteiger partial charge in [0, 0.05) is 25.7 Å². The van der Waals surface area contributed by atoms with Crippen LogP contribution in [0.25, 0.3) is 0 Å². The fourth-order valence-electron chi connectivity index (χ4n) is 9.50. The fourth-order valence-corrected chi connectivity index (χ4v) is 11.1. The number of hydrogen-bond acceptors (Lipinski definition) is 15. The van der Waals surface area contributed by atoms with Gasteiger partial charge < -0.3 is 33.8 Å². The summed E-state index contributed by atoms with van der Waals surface area (Å²) in [4.78, 5) is 71.9. The van der Waals surface area contributed by atoms with Crippen LogP contribution in [0.2, 0.25) is 0 Å². The molecule has 0 spiro atoms. The Bertz CT molecular complexity index is 1630. The number of esters is 4. The number of hydrogen-bond donors (Lipinski definition) is 3. The lowest BCUT2D eigenvalue weighted by Gasteiger charge is -2.21. The summed E-state index contributed by atoms with van der Waals surface area (Å²) in [6.45, 7) is 9.42. The van der Waals surface area contributed by atoms with Crippen LogP contribution in [0.15, 0.2) is 0 Å². The van der Waals surface area contributed by atoms with Gasteiger partial charge in [-0.2, -0.15) is 0 Å². The zero-order valence-electron chi connectivity index (χ0n) is 53.5. The molecule has 0 saturated heterocycles. The molecule has 83 heavy (non-hydrogen) atoms. The summed E-state index contributed by atoms with van der Waals surface area (Å²) in [6.07, 6.45) is 39.3. The third-order valence-electron chi connectivity index (χ3n) is 15.1. The molecule has 0 rings (SSSR count). The minimum atomic E-state index is -4.94. The van der Waals surface area contributed by atoms with Crippen LogP contribution in [-0.4, -0.2) is 96.7 Å². The molecule has 0 amide bonds. The van der Waals surface area contributed by atoms with Gasteiger partial charge in [-0.3, -0.25) is 37.3 Å². The molecule has 0 aliphatic rings. The number of phosphoric acid groups is 2. The van der Waals surface area contributed by atoms with Crippen molar-refractivity contribution in [2.24, 2.45) is 11.8 Å². The van der Waals surface area contributed by atoms with Crippen LogP contribution in [0.5, 0.6) is 0 Å². The Balaban J connectivity index is 5.14. The lowest BCUT2D eigenvalue weighted by molar-refractivity contribution is -0.161. The molecule has 6 atom stereocenters. The van der Waals surface area contributed by atoms with E-state index in [0.717, 1.165) is 115 Å². The molecule has 3 unspecified atom stereocenters. The van der Waals surface area contributed by atoms with E-state index in [4.69, 9.17) is 37.0 Å². The third kappa shape index (κ3) is 57.6. The second kappa shape index (κ2) is 56.6. The summed E-state index contributed by atoms with van der Waals surface area (Å²) in [7, 11) is -9.87. The largest absolute Gasteiger partial charge is 0.472 e. The monoisotopic (exact) mass is 1230 g/mol. The van der Waals surface area contributed by atoms with Crippen LogP contribution in [0, 0.1) is 11.8 Å². The second-order valence-corrected chi connectivity index (χ2v) is 26.8. The first-order chi connectivity index (χ1) is 39.9. The summed E-state index contributed by atoms with van der Waals surface area (Å²) in [5.41, 5.74) is 0. The van der Waals surface area contributed by atoms with E-state index >= 15 is 0 Å². The summed E-state index contributed by atoms with van der Waals surface area (Å²) >= 11 is 0. The number of rotatable bonds is 63. The van der Waals surface area contributed by atoms with Crippen molar-refractivity contribution in [3.05, 3.63) is 0 Å². The highest BCUT2D eigenvalue weighted by Gasteiger charge is 2.30. The van der Waals surface area contributed by atoms with E-state index < -0.39 is 97.5 Å². The Morgan fingerprint density at radius 2 is 0.614 bits per heavy atom. The van der Waals surface area contributed by atoms with Crippen molar-refractivity contribution in [1.82, 2.24) is 0 Å². The van der Waals surface area contributed by atoms with Crippen molar-refractivity contribution < 1.29 is 80.2 Å². The molecule has 492 valence electrons. The molecule has 0 heterocycles. The van der Waals surface area contributed by atoms with Crippen LogP contribution in [0.3, 0.4) is 0 Å². The Morgan fingerprint density at radius 1 is 0.349 bits per heavy atom. The number of carbonyl (C=O) groups is 4. The third-order valence-corrected chi connectivity index (χ3v) is 17.0. The standard InChI is InChI=1S/C64H124O17P2/c1-7-10-12-14-15-29-36-42-48-63(68)80-59(52-74-61(66)46-40-32-13-11-8-2)54-78-82(70,71)76-50-58(65)51-77-83(72,73)79-55-60(53-75-62(67)47-41-35-30-26-22-23-27-33-38-44-56(4)5)81-64(69)49-43-37-31-25-21-19-17-16-18-20-24-28-34-39-45-57(6)9-3/h56-60,65H,7-55H2,1-6H3,(H,70,71)(H,72,73)/t57?,58-,59+,60+/m0/s1. The summed E-state index contributed by atoms with van der Waals surface area (Å²) in [5.74, 6) is -0.557. The average molecular weight is 1230 g/mol. The quantitative estimate of drug-likeness (QED) is 0.0222. The molecule has 0 aliphatic heterocycles. The molecule has 3 N–H and O–H groups in total. The molecule has 0 aromatic carbocycles. The van der Waals surface area contributed by atoms with Crippen molar-refractivity contribution in [3.63, 3.8) is 0 Å². The lowest BCUT2D eigenvalue weighted by atomic mass is 9.99. The van der Waals surface area contributed by atoms with Gasteiger partial charge in [0.2, 0.25) is 0 Å². The predicted octanol–water partition coefficient (Wildman–Crippen LogP) is 17.7. The Labute approximate surface area is 505 Å². The van der Waals surface area contributed by atoms with E-state index in [1.54, 1.807) is 0 Å². The van der Waals surface area contributed by atoms with Crippen LogP contribution < -0.4 is 0 Å². The number of carbonyl (C=O) groups excluding carboxylic acids is 4. The van der Waals surface area contributed by atoms with Crippen molar-refractivity contribution in [1.29, 1.82) is 0 Å². The van der Waals surface area contributed by atoms with E-state index in [2.05, 4.69) is 41.5 Å². The molecule has 0 aromatic heterocycles. The van der Waals surface area contributed by atoms with Crippen molar-refractivity contribution in [2.45, 2.75) is 336 Å². The summed E-state index contributed by atoms with van der Waals surface area (Å²) < 4.78 is 67.7. The molecule has 0 radical (unpaired) electrons. The highest BCUT2D eigenvalue weighted by Crippen LogP contribution is 2.45. The number of unbranched alkanes of at least 4 members (excludes halogenated alkanes) is 32. The maximum absolute atomic E-state index is 13.0.